The lowest BCUT2D eigenvalue weighted by Crippen LogP contribution is -2.39. The summed E-state index contributed by atoms with van der Waals surface area (Å²) in [6.07, 6.45) is 0.354. The predicted molar refractivity (Wildman–Crippen MR) is 68.4 cm³/mol. The molecular formula is C14H19NO3. The first kappa shape index (κ1) is 13.1. The number of piperidine rings is 1. The van der Waals surface area contributed by atoms with Gasteiger partial charge >= 0.3 is 5.97 Å². The van der Waals surface area contributed by atoms with Crippen molar-refractivity contribution < 1.29 is 15.0 Å². The minimum absolute atomic E-state index is 0.0619. The Bertz CT molecular complexity index is 414. The molecule has 1 aromatic carbocycles. The van der Waals surface area contributed by atoms with Gasteiger partial charge in [0.2, 0.25) is 0 Å². The highest BCUT2D eigenvalue weighted by Crippen LogP contribution is 2.31. The Morgan fingerprint density at radius 1 is 1.39 bits per heavy atom. The number of aliphatic hydroxyl groups is 1. The standard InChI is InChI=1S/C14H19NO3/c1-9(16)10-2-4-11(5-3-10)12-6-7-15-8-13(12)14(17)18/h2-5,9,12-13,15-16H,6-8H2,1H3,(H,17,18). The van der Waals surface area contributed by atoms with E-state index in [1.54, 1.807) is 6.92 Å². The lowest BCUT2D eigenvalue weighted by atomic mass is 9.81. The smallest absolute Gasteiger partial charge is 0.308 e. The van der Waals surface area contributed by atoms with Crippen LogP contribution in [0.2, 0.25) is 0 Å². The minimum Gasteiger partial charge on any atom is -0.481 e. The lowest BCUT2D eigenvalue weighted by molar-refractivity contribution is -0.142. The van der Waals surface area contributed by atoms with E-state index in [1.165, 1.54) is 0 Å². The number of rotatable bonds is 3. The van der Waals surface area contributed by atoms with Crippen molar-refractivity contribution in [2.45, 2.75) is 25.4 Å². The minimum atomic E-state index is -0.744. The van der Waals surface area contributed by atoms with E-state index in [2.05, 4.69) is 5.32 Å². The number of hydrogen-bond acceptors (Lipinski definition) is 3. The maximum Gasteiger partial charge on any atom is 0.308 e. The molecule has 1 heterocycles. The number of aliphatic carboxylic acids is 1. The SMILES string of the molecule is CC(O)c1ccc(C2CCNCC2C(=O)O)cc1. The molecule has 3 N–H and O–H groups in total. The summed E-state index contributed by atoms with van der Waals surface area (Å²) in [5, 5.41) is 21.8. The number of benzene rings is 1. The summed E-state index contributed by atoms with van der Waals surface area (Å²) in [6.45, 7) is 3.10. The summed E-state index contributed by atoms with van der Waals surface area (Å²) < 4.78 is 0. The summed E-state index contributed by atoms with van der Waals surface area (Å²) in [5.41, 5.74) is 1.91. The topological polar surface area (TPSA) is 69.6 Å². The number of carboxylic acid groups (broad SMARTS) is 1. The first-order valence-electron chi connectivity index (χ1n) is 6.31. The molecule has 0 bridgehead atoms. The number of carbonyl (C=O) groups is 1. The molecule has 0 aliphatic carbocycles. The molecule has 1 saturated heterocycles. The molecule has 3 atom stereocenters. The molecule has 3 unspecified atom stereocenters. The Morgan fingerprint density at radius 2 is 2.06 bits per heavy atom. The van der Waals surface area contributed by atoms with Crippen LogP contribution in [0.15, 0.2) is 24.3 Å². The molecule has 2 rings (SSSR count). The van der Waals surface area contributed by atoms with Crippen LogP contribution in [0.5, 0.6) is 0 Å². The maximum atomic E-state index is 11.2. The van der Waals surface area contributed by atoms with Gasteiger partial charge in [-0.15, -0.1) is 0 Å². The van der Waals surface area contributed by atoms with E-state index in [9.17, 15) is 15.0 Å². The van der Waals surface area contributed by atoms with Crippen LogP contribution in [-0.4, -0.2) is 29.3 Å². The van der Waals surface area contributed by atoms with Gasteiger partial charge in [-0.2, -0.15) is 0 Å². The third-order valence-electron chi connectivity index (χ3n) is 3.65. The predicted octanol–water partition coefficient (Wildman–Crippen LogP) is 1.52. The molecule has 4 nitrogen and oxygen atoms in total. The number of aliphatic hydroxyl groups excluding tert-OH is 1. The number of hydrogen-bond donors (Lipinski definition) is 3. The highest BCUT2D eigenvalue weighted by atomic mass is 16.4. The Morgan fingerprint density at radius 3 is 2.61 bits per heavy atom. The van der Waals surface area contributed by atoms with E-state index in [1.807, 2.05) is 24.3 Å². The summed E-state index contributed by atoms with van der Waals surface area (Å²) in [6, 6.07) is 7.63. The van der Waals surface area contributed by atoms with E-state index in [-0.39, 0.29) is 11.8 Å². The fraction of sp³-hybridized carbons (Fsp3) is 0.500. The van der Waals surface area contributed by atoms with Crippen molar-refractivity contribution in [2.24, 2.45) is 5.92 Å². The van der Waals surface area contributed by atoms with Crippen molar-refractivity contribution in [3.8, 4) is 0 Å². The lowest BCUT2D eigenvalue weighted by Gasteiger charge is -2.29. The molecule has 4 heteroatoms. The van der Waals surface area contributed by atoms with Crippen LogP contribution in [0.25, 0.3) is 0 Å². The van der Waals surface area contributed by atoms with Crippen LogP contribution in [0.4, 0.5) is 0 Å². The largest absolute Gasteiger partial charge is 0.481 e. The van der Waals surface area contributed by atoms with Gasteiger partial charge in [0.25, 0.3) is 0 Å². The second-order valence-corrected chi connectivity index (χ2v) is 4.89. The first-order valence-corrected chi connectivity index (χ1v) is 6.31. The van der Waals surface area contributed by atoms with Gasteiger partial charge in [0, 0.05) is 6.54 Å². The molecule has 1 aliphatic rings. The normalized spacial score (nSPS) is 25.7. The van der Waals surface area contributed by atoms with Gasteiger partial charge in [-0.1, -0.05) is 24.3 Å². The van der Waals surface area contributed by atoms with Gasteiger partial charge in [-0.25, -0.2) is 0 Å². The summed E-state index contributed by atoms with van der Waals surface area (Å²) >= 11 is 0. The van der Waals surface area contributed by atoms with Crippen LogP contribution < -0.4 is 5.32 Å². The van der Waals surface area contributed by atoms with Crippen molar-refractivity contribution in [3.05, 3.63) is 35.4 Å². The fourth-order valence-corrected chi connectivity index (χ4v) is 2.54. The van der Waals surface area contributed by atoms with Crippen molar-refractivity contribution >= 4 is 5.97 Å². The van der Waals surface area contributed by atoms with Crippen LogP contribution in [0, 0.1) is 5.92 Å². The van der Waals surface area contributed by atoms with Gasteiger partial charge in [0.1, 0.15) is 0 Å². The molecule has 98 valence electrons. The highest BCUT2D eigenvalue weighted by molar-refractivity contribution is 5.72. The maximum absolute atomic E-state index is 11.2. The van der Waals surface area contributed by atoms with Gasteiger partial charge < -0.3 is 15.5 Å². The first-order chi connectivity index (χ1) is 8.59. The van der Waals surface area contributed by atoms with Gasteiger partial charge in [0.05, 0.1) is 12.0 Å². The highest BCUT2D eigenvalue weighted by Gasteiger charge is 2.31. The average molecular weight is 249 g/mol. The molecule has 0 amide bonds. The van der Waals surface area contributed by atoms with Crippen LogP contribution in [0.1, 0.15) is 36.5 Å². The van der Waals surface area contributed by atoms with Gasteiger partial charge in [-0.3, -0.25) is 4.79 Å². The van der Waals surface area contributed by atoms with Crippen molar-refractivity contribution in [1.29, 1.82) is 0 Å². The number of carboxylic acids is 1. The summed E-state index contributed by atoms with van der Waals surface area (Å²) in [4.78, 5) is 11.2. The summed E-state index contributed by atoms with van der Waals surface area (Å²) in [7, 11) is 0. The van der Waals surface area contributed by atoms with Crippen LogP contribution in [0.3, 0.4) is 0 Å². The zero-order chi connectivity index (χ0) is 13.1. The van der Waals surface area contributed by atoms with Crippen molar-refractivity contribution in [2.75, 3.05) is 13.1 Å². The zero-order valence-electron chi connectivity index (χ0n) is 10.5. The Kier molecular flexibility index (Phi) is 3.99. The van der Waals surface area contributed by atoms with E-state index < -0.39 is 12.1 Å². The van der Waals surface area contributed by atoms with Crippen LogP contribution in [-0.2, 0) is 4.79 Å². The molecule has 0 spiro atoms. The van der Waals surface area contributed by atoms with E-state index >= 15 is 0 Å². The molecule has 0 aromatic heterocycles. The molecule has 0 saturated carbocycles. The third kappa shape index (κ3) is 2.71. The number of nitrogens with one attached hydrogen (secondary N) is 1. The molecular weight excluding hydrogens is 230 g/mol. The summed E-state index contributed by atoms with van der Waals surface area (Å²) in [5.74, 6) is -1.05. The second-order valence-electron chi connectivity index (χ2n) is 4.89. The van der Waals surface area contributed by atoms with Crippen molar-refractivity contribution in [1.82, 2.24) is 5.32 Å². The van der Waals surface area contributed by atoms with E-state index in [0.717, 1.165) is 24.1 Å². The second kappa shape index (κ2) is 5.50. The van der Waals surface area contributed by atoms with Gasteiger partial charge in [0.15, 0.2) is 0 Å². The molecule has 1 aliphatic heterocycles. The zero-order valence-corrected chi connectivity index (χ0v) is 10.5. The van der Waals surface area contributed by atoms with Gasteiger partial charge in [-0.05, 0) is 36.9 Å². The molecule has 0 radical (unpaired) electrons. The average Bonchev–Trinajstić information content (AvgIpc) is 2.39. The van der Waals surface area contributed by atoms with Crippen molar-refractivity contribution in [3.63, 3.8) is 0 Å². The Balaban J connectivity index is 2.20. The fourth-order valence-electron chi connectivity index (χ4n) is 2.54. The third-order valence-corrected chi connectivity index (χ3v) is 3.65. The monoisotopic (exact) mass is 249 g/mol. The van der Waals surface area contributed by atoms with Crippen LogP contribution >= 0.6 is 0 Å². The van der Waals surface area contributed by atoms with E-state index in [4.69, 9.17) is 0 Å². The molecule has 18 heavy (non-hydrogen) atoms. The van der Waals surface area contributed by atoms with E-state index in [0.29, 0.717) is 6.54 Å². The molecule has 1 aromatic rings. The Hall–Kier alpha value is -1.39. The Labute approximate surface area is 107 Å². The quantitative estimate of drug-likeness (QED) is 0.759. The molecule has 1 fully saturated rings.